The number of carbonyl (C=O) groups is 3. The van der Waals surface area contributed by atoms with Crippen LogP contribution in [0.5, 0.6) is 0 Å². The van der Waals surface area contributed by atoms with Gasteiger partial charge in [0, 0.05) is 19.5 Å². The van der Waals surface area contributed by atoms with E-state index in [0.29, 0.717) is 32.2 Å². The number of allylic oxidation sites excluding steroid dienone is 2. The molecule has 7 heteroatoms. The van der Waals surface area contributed by atoms with E-state index in [1.54, 1.807) is 24.0 Å². The van der Waals surface area contributed by atoms with Gasteiger partial charge in [0.1, 0.15) is 6.10 Å². The Balaban J connectivity index is 1.92. The summed E-state index contributed by atoms with van der Waals surface area (Å²) in [6.45, 7) is 9.72. The second-order valence-electron chi connectivity index (χ2n) is 9.70. The minimum Gasteiger partial charge on any atom is -0.461 e. The van der Waals surface area contributed by atoms with E-state index >= 15 is 0 Å². The van der Waals surface area contributed by atoms with Crippen LogP contribution in [0.15, 0.2) is 86.0 Å². The molecule has 39 heavy (non-hydrogen) atoms. The van der Waals surface area contributed by atoms with Crippen LogP contribution >= 0.6 is 0 Å². The first-order valence-corrected chi connectivity index (χ1v) is 13.5. The molecule has 2 aromatic rings. The highest BCUT2D eigenvalue weighted by Gasteiger charge is 2.26. The number of nitrogens with zero attached hydrogens (tertiary/aromatic N) is 1. The summed E-state index contributed by atoms with van der Waals surface area (Å²) in [7, 11) is 0. The Morgan fingerprint density at radius 1 is 0.974 bits per heavy atom. The minimum atomic E-state index is -0.617. The van der Waals surface area contributed by atoms with Gasteiger partial charge in [-0.2, -0.15) is 0 Å². The van der Waals surface area contributed by atoms with Crippen molar-refractivity contribution in [2.24, 2.45) is 11.8 Å². The molecule has 2 aromatic carbocycles. The van der Waals surface area contributed by atoms with Gasteiger partial charge < -0.3 is 20.1 Å². The Hall–Kier alpha value is -3.71. The molecule has 0 fully saturated rings. The molecule has 0 aliphatic heterocycles. The molecule has 2 amide bonds. The number of aliphatic hydroxyl groups is 1. The number of esters is 1. The Bertz CT molecular complexity index is 1040. The van der Waals surface area contributed by atoms with Crippen molar-refractivity contribution in [1.82, 2.24) is 10.2 Å². The quantitative estimate of drug-likeness (QED) is 0.217. The highest BCUT2D eigenvalue weighted by Crippen LogP contribution is 2.18. The van der Waals surface area contributed by atoms with E-state index < -0.39 is 12.0 Å². The second-order valence-corrected chi connectivity index (χ2v) is 9.70. The number of carbonyl (C=O) groups excluding carboxylic acids is 3. The molecular formula is C32H42N2O5. The Labute approximate surface area is 232 Å². The lowest BCUT2D eigenvalue weighted by atomic mass is 9.95. The maximum atomic E-state index is 13.0. The average molecular weight is 535 g/mol. The van der Waals surface area contributed by atoms with Gasteiger partial charge in [0.05, 0.1) is 25.0 Å². The SMILES string of the molecule is C=CCCC(Cc1ccccc1)C(=O)OC(C)CNC(=O)C(CC=C)CC(=O)N(CCO)Cc1ccccc1. The van der Waals surface area contributed by atoms with Crippen molar-refractivity contribution < 1.29 is 24.2 Å². The summed E-state index contributed by atoms with van der Waals surface area (Å²) in [5.41, 5.74) is 2.00. The first kappa shape index (κ1) is 31.5. The summed E-state index contributed by atoms with van der Waals surface area (Å²) < 4.78 is 5.68. The zero-order valence-corrected chi connectivity index (χ0v) is 23.0. The smallest absolute Gasteiger partial charge is 0.309 e. The molecule has 0 heterocycles. The monoisotopic (exact) mass is 534 g/mol. The van der Waals surface area contributed by atoms with E-state index in [1.807, 2.05) is 60.7 Å². The third-order valence-electron chi connectivity index (χ3n) is 6.44. The van der Waals surface area contributed by atoms with Gasteiger partial charge in [0.25, 0.3) is 0 Å². The number of ether oxygens (including phenoxy) is 1. The Kier molecular flexibility index (Phi) is 14.3. The number of hydrogen-bond donors (Lipinski definition) is 2. The fourth-order valence-electron chi connectivity index (χ4n) is 4.29. The summed E-state index contributed by atoms with van der Waals surface area (Å²) in [6, 6.07) is 19.3. The van der Waals surface area contributed by atoms with Crippen molar-refractivity contribution in [3.63, 3.8) is 0 Å². The van der Waals surface area contributed by atoms with Crippen LogP contribution in [0.1, 0.15) is 43.7 Å². The molecule has 0 aromatic heterocycles. The van der Waals surface area contributed by atoms with Gasteiger partial charge in [-0.05, 0) is 43.7 Å². The van der Waals surface area contributed by atoms with E-state index in [-0.39, 0.29) is 49.8 Å². The molecule has 210 valence electrons. The van der Waals surface area contributed by atoms with Crippen molar-refractivity contribution >= 4 is 17.8 Å². The van der Waals surface area contributed by atoms with Gasteiger partial charge in [0.15, 0.2) is 0 Å². The topological polar surface area (TPSA) is 95.9 Å². The van der Waals surface area contributed by atoms with E-state index in [9.17, 15) is 19.5 Å². The standard InChI is InChI=1S/C32H42N2O5/c1-4-6-18-29(21-26-14-9-7-10-15-26)32(38)39-25(3)23-33-31(37)28(13-5-2)22-30(36)34(19-20-35)24-27-16-11-8-12-17-27/h4-5,7-12,14-17,25,28-29,35H,1-2,6,13,18-24H2,3H3,(H,33,37). The first-order valence-electron chi connectivity index (χ1n) is 13.5. The first-order chi connectivity index (χ1) is 18.9. The molecule has 0 aliphatic rings. The van der Waals surface area contributed by atoms with E-state index in [2.05, 4.69) is 18.5 Å². The summed E-state index contributed by atoms with van der Waals surface area (Å²) in [5, 5.41) is 12.3. The molecule has 0 radical (unpaired) electrons. The number of amides is 2. The largest absolute Gasteiger partial charge is 0.461 e. The fraction of sp³-hybridized carbons (Fsp3) is 0.406. The van der Waals surface area contributed by atoms with Crippen molar-refractivity contribution in [2.45, 2.75) is 51.7 Å². The van der Waals surface area contributed by atoms with Crippen LogP contribution in [0.3, 0.4) is 0 Å². The van der Waals surface area contributed by atoms with Gasteiger partial charge >= 0.3 is 5.97 Å². The number of benzene rings is 2. The lowest BCUT2D eigenvalue weighted by molar-refractivity contribution is -0.153. The predicted molar refractivity (Wildman–Crippen MR) is 153 cm³/mol. The van der Waals surface area contributed by atoms with Crippen LogP contribution in [-0.2, 0) is 32.1 Å². The number of hydrogen-bond acceptors (Lipinski definition) is 5. The summed E-state index contributed by atoms with van der Waals surface area (Å²) in [4.78, 5) is 40.5. The Morgan fingerprint density at radius 3 is 2.21 bits per heavy atom. The van der Waals surface area contributed by atoms with E-state index in [0.717, 1.165) is 11.1 Å². The molecule has 0 saturated carbocycles. The molecule has 2 N–H and O–H groups in total. The van der Waals surface area contributed by atoms with Crippen LogP contribution in [0, 0.1) is 11.8 Å². The molecule has 3 atom stereocenters. The van der Waals surface area contributed by atoms with Gasteiger partial charge in [-0.15, -0.1) is 13.2 Å². The number of aliphatic hydroxyl groups excluding tert-OH is 1. The lowest BCUT2D eigenvalue weighted by Gasteiger charge is -2.25. The molecule has 0 spiro atoms. The maximum Gasteiger partial charge on any atom is 0.309 e. The van der Waals surface area contributed by atoms with Crippen molar-refractivity contribution in [3.8, 4) is 0 Å². The number of rotatable bonds is 18. The van der Waals surface area contributed by atoms with Crippen LogP contribution in [0.4, 0.5) is 0 Å². The second kappa shape index (κ2) is 17.7. The average Bonchev–Trinajstić information content (AvgIpc) is 2.94. The third kappa shape index (κ3) is 11.7. The molecule has 0 saturated heterocycles. The molecule has 3 unspecified atom stereocenters. The highest BCUT2D eigenvalue weighted by atomic mass is 16.5. The molecule has 7 nitrogen and oxygen atoms in total. The Morgan fingerprint density at radius 2 is 1.62 bits per heavy atom. The third-order valence-corrected chi connectivity index (χ3v) is 6.44. The van der Waals surface area contributed by atoms with Crippen LogP contribution in [0.25, 0.3) is 0 Å². The van der Waals surface area contributed by atoms with Crippen LogP contribution in [-0.4, -0.2) is 53.6 Å². The van der Waals surface area contributed by atoms with Gasteiger partial charge in [0.2, 0.25) is 11.8 Å². The maximum absolute atomic E-state index is 13.0. The molecule has 2 rings (SSSR count). The van der Waals surface area contributed by atoms with Crippen LogP contribution in [0.2, 0.25) is 0 Å². The van der Waals surface area contributed by atoms with Gasteiger partial charge in [-0.3, -0.25) is 14.4 Å². The molecule has 0 aliphatic carbocycles. The molecular weight excluding hydrogens is 492 g/mol. The molecule has 0 bridgehead atoms. The van der Waals surface area contributed by atoms with Gasteiger partial charge in [-0.25, -0.2) is 0 Å². The zero-order chi connectivity index (χ0) is 28.5. The number of nitrogens with one attached hydrogen (secondary N) is 1. The highest BCUT2D eigenvalue weighted by molar-refractivity contribution is 5.86. The predicted octanol–water partition coefficient (Wildman–Crippen LogP) is 4.46. The normalized spacial score (nSPS) is 13.0. The van der Waals surface area contributed by atoms with Crippen molar-refractivity contribution in [3.05, 3.63) is 97.1 Å². The van der Waals surface area contributed by atoms with E-state index in [4.69, 9.17) is 4.74 Å². The summed E-state index contributed by atoms with van der Waals surface area (Å²) in [6.07, 6.45) is 5.08. The van der Waals surface area contributed by atoms with E-state index in [1.165, 1.54) is 0 Å². The van der Waals surface area contributed by atoms with Gasteiger partial charge in [-0.1, -0.05) is 72.8 Å². The van der Waals surface area contributed by atoms with Crippen molar-refractivity contribution in [1.29, 1.82) is 0 Å². The summed E-state index contributed by atoms with van der Waals surface area (Å²) >= 11 is 0. The fourth-order valence-corrected chi connectivity index (χ4v) is 4.29. The van der Waals surface area contributed by atoms with Crippen molar-refractivity contribution in [2.75, 3.05) is 19.7 Å². The summed E-state index contributed by atoms with van der Waals surface area (Å²) in [5.74, 6) is -1.76. The lowest BCUT2D eigenvalue weighted by Crippen LogP contribution is -2.40. The zero-order valence-electron chi connectivity index (χ0n) is 23.0. The minimum absolute atomic E-state index is 0.0143. The van der Waals surface area contributed by atoms with Crippen LogP contribution < -0.4 is 5.32 Å².